The number of ether oxygens (including phenoxy) is 1. The highest BCUT2D eigenvalue weighted by atomic mass is 32.2. The Hall–Kier alpha value is -1.79. The molecule has 1 atom stereocenters. The molecule has 0 spiro atoms. The Morgan fingerprint density at radius 1 is 1.38 bits per heavy atom. The highest BCUT2D eigenvalue weighted by molar-refractivity contribution is 7.99. The minimum absolute atomic E-state index is 0.194. The standard InChI is InChI=1S/C20H23NO3S2/c1-4-25-14-7-5-6-13(11-14)18(22)21-19-17(20(23)24-3)15-9-8-12(2)10-16(15)26-19/h5-7,11-12H,4,8-10H2,1-3H3,(H,21,22)/t12-/m0/s1. The lowest BCUT2D eigenvalue weighted by molar-refractivity contribution is 0.0601. The Morgan fingerprint density at radius 3 is 2.92 bits per heavy atom. The van der Waals surface area contributed by atoms with Crippen LogP contribution in [0.2, 0.25) is 0 Å². The van der Waals surface area contributed by atoms with Crippen molar-refractivity contribution in [1.82, 2.24) is 0 Å². The van der Waals surface area contributed by atoms with E-state index in [1.165, 1.54) is 23.3 Å². The van der Waals surface area contributed by atoms with Gasteiger partial charge >= 0.3 is 5.97 Å². The molecule has 1 heterocycles. The average Bonchev–Trinajstić information content (AvgIpc) is 2.98. The summed E-state index contributed by atoms with van der Waals surface area (Å²) in [7, 11) is 1.38. The predicted molar refractivity (Wildman–Crippen MR) is 108 cm³/mol. The van der Waals surface area contributed by atoms with Crippen LogP contribution >= 0.6 is 23.1 Å². The van der Waals surface area contributed by atoms with Gasteiger partial charge in [0.25, 0.3) is 5.91 Å². The van der Waals surface area contributed by atoms with Crippen molar-refractivity contribution in [3.63, 3.8) is 0 Å². The lowest BCUT2D eigenvalue weighted by Gasteiger charge is -2.18. The van der Waals surface area contributed by atoms with E-state index in [0.717, 1.165) is 35.5 Å². The predicted octanol–water partition coefficient (Wildman–Crippen LogP) is 5.02. The number of esters is 1. The van der Waals surface area contributed by atoms with Crippen molar-refractivity contribution in [3.05, 3.63) is 45.8 Å². The molecular weight excluding hydrogens is 366 g/mol. The molecule has 26 heavy (non-hydrogen) atoms. The van der Waals surface area contributed by atoms with Gasteiger partial charge in [-0.1, -0.05) is 19.9 Å². The van der Waals surface area contributed by atoms with Crippen LogP contribution in [-0.4, -0.2) is 24.7 Å². The number of hydrogen-bond acceptors (Lipinski definition) is 5. The van der Waals surface area contributed by atoms with Crippen molar-refractivity contribution in [2.45, 2.75) is 38.0 Å². The average molecular weight is 390 g/mol. The van der Waals surface area contributed by atoms with Crippen LogP contribution in [0.4, 0.5) is 5.00 Å². The number of thiophene rings is 1. The second kappa shape index (κ2) is 8.27. The molecule has 1 N–H and O–H groups in total. The summed E-state index contributed by atoms with van der Waals surface area (Å²) < 4.78 is 4.98. The van der Waals surface area contributed by atoms with Gasteiger partial charge in [0.2, 0.25) is 0 Å². The Balaban J connectivity index is 1.90. The van der Waals surface area contributed by atoms with E-state index in [9.17, 15) is 9.59 Å². The fourth-order valence-corrected chi connectivity index (χ4v) is 5.34. The number of hydrogen-bond donors (Lipinski definition) is 1. The van der Waals surface area contributed by atoms with Crippen molar-refractivity contribution < 1.29 is 14.3 Å². The second-order valence-corrected chi connectivity index (χ2v) is 8.91. The summed E-state index contributed by atoms with van der Waals surface area (Å²) in [6.07, 6.45) is 2.86. The summed E-state index contributed by atoms with van der Waals surface area (Å²) in [5.41, 5.74) is 2.18. The van der Waals surface area contributed by atoms with E-state index in [4.69, 9.17) is 4.74 Å². The fourth-order valence-electron chi connectivity index (χ4n) is 3.23. The van der Waals surface area contributed by atoms with Gasteiger partial charge in [-0.15, -0.1) is 23.1 Å². The number of carbonyl (C=O) groups excluding carboxylic acids is 2. The first kappa shape index (κ1) is 19.0. The number of amides is 1. The quantitative estimate of drug-likeness (QED) is 0.576. The summed E-state index contributed by atoms with van der Waals surface area (Å²) in [5, 5.41) is 3.56. The maximum Gasteiger partial charge on any atom is 0.341 e. The van der Waals surface area contributed by atoms with Gasteiger partial charge in [0.1, 0.15) is 5.00 Å². The first-order chi connectivity index (χ1) is 12.5. The van der Waals surface area contributed by atoms with Crippen LogP contribution in [0.15, 0.2) is 29.2 Å². The monoisotopic (exact) mass is 389 g/mol. The highest BCUT2D eigenvalue weighted by Crippen LogP contribution is 2.40. The molecule has 1 amide bonds. The zero-order chi connectivity index (χ0) is 18.7. The van der Waals surface area contributed by atoms with Gasteiger partial charge in [0.05, 0.1) is 12.7 Å². The van der Waals surface area contributed by atoms with Gasteiger partial charge < -0.3 is 10.1 Å². The van der Waals surface area contributed by atoms with Crippen molar-refractivity contribution in [1.29, 1.82) is 0 Å². The molecule has 0 saturated heterocycles. The SMILES string of the molecule is CCSc1cccc(C(=O)Nc2sc3c(c2C(=O)OC)CC[C@H](C)C3)c1. The molecule has 6 heteroatoms. The molecule has 0 saturated carbocycles. The third-order valence-corrected chi connectivity index (χ3v) is 6.58. The van der Waals surface area contributed by atoms with Crippen LogP contribution in [-0.2, 0) is 17.6 Å². The van der Waals surface area contributed by atoms with Crippen LogP contribution in [0.25, 0.3) is 0 Å². The zero-order valence-corrected chi connectivity index (χ0v) is 16.9. The maximum atomic E-state index is 12.7. The summed E-state index contributed by atoms with van der Waals surface area (Å²) in [6, 6.07) is 7.56. The highest BCUT2D eigenvalue weighted by Gasteiger charge is 2.29. The molecule has 3 rings (SSSR count). The molecule has 0 fully saturated rings. The van der Waals surface area contributed by atoms with E-state index < -0.39 is 0 Å². The molecule has 0 aliphatic heterocycles. The van der Waals surface area contributed by atoms with Crippen LogP contribution in [0, 0.1) is 5.92 Å². The Kier molecular flexibility index (Phi) is 6.04. The van der Waals surface area contributed by atoms with Gasteiger partial charge in [-0.05, 0) is 54.7 Å². The van der Waals surface area contributed by atoms with E-state index >= 15 is 0 Å². The molecule has 1 aliphatic carbocycles. The van der Waals surface area contributed by atoms with Crippen molar-refractivity contribution in [2.75, 3.05) is 18.2 Å². The number of fused-ring (bicyclic) bond motifs is 1. The first-order valence-corrected chi connectivity index (χ1v) is 10.6. The third kappa shape index (κ3) is 3.96. The molecule has 138 valence electrons. The van der Waals surface area contributed by atoms with Crippen LogP contribution in [0.5, 0.6) is 0 Å². The molecule has 1 aliphatic rings. The fraction of sp³-hybridized carbons (Fsp3) is 0.400. The number of benzene rings is 1. The normalized spacial score (nSPS) is 16.0. The number of thioether (sulfide) groups is 1. The first-order valence-electron chi connectivity index (χ1n) is 8.80. The van der Waals surface area contributed by atoms with E-state index in [1.54, 1.807) is 17.8 Å². The molecule has 4 nitrogen and oxygen atoms in total. The van der Waals surface area contributed by atoms with Crippen LogP contribution in [0.1, 0.15) is 51.4 Å². The number of methoxy groups -OCH3 is 1. The largest absolute Gasteiger partial charge is 0.465 e. The molecule has 2 aromatic rings. The molecular formula is C20H23NO3S2. The van der Waals surface area contributed by atoms with E-state index in [-0.39, 0.29) is 11.9 Å². The lowest BCUT2D eigenvalue weighted by Crippen LogP contribution is -2.16. The zero-order valence-electron chi connectivity index (χ0n) is 15.3. The van der Waals surface area contributed by atoms with Gasteiger partial charge in [-0.2, -0.15) is 0 Å². The second-order valence-electron chi connectivity index (χ2n) is 6.46. The van der Waals surface area contributed by atoms with Crippen molar-refractivity contribution >= 4 is 40.0 Å². The lowest BCUT2D eigenvalue weighted by atomic mass is 9.88. The third-order valence-electron chi connectivity index (χ3n) is 4.54. The van der Waals surface area contributed by atoms with Gasteiger partial charge in [0.15, 0.2) is 0 Å². The minimum atomic E-state index is -0.373. The Morgan fingerprint density at radius 2 is 2.19 bits per heavy atom. The molecule has 1 aromatic heterocycles. The summed E-state index contributed by atoms with van der Waals surface area (Å²) in [5.74, 6) is 0.980. The number of anilines is 1. The summed E-state index contributed by atoms with van der Waals surface area (Å²) in [6.45, 7) is 4.30. The smallest absolute Gasteiger partial charge is 0.341 e. The molecule has 0 bridgehead atoms. The van der Waals surface area contributed by atoms with Gasteiger partial charge in [0, 0.05) is 15.3 Å². The Labute approximate surface area is 162 Å². The number of carbonyl (C=O) groups is 2. The Bertz CT molecular complexity index is 828. The number of nitrogens with one attached hydrogen (secondary N) is 1. The minimum Gasteiger partial charge on any atom is -0.465 e. The van der Waals surface area contributed by atoms with E-state index in [2.05, 4.69) is 19.2 Å². The number of rotatable bonds is 5. The summed E-state index contributed by atoms with van der Waals surface area (Å²) >= 11 is 3.20. The molecule has 0 radical (unpaired) electrons. The topological polar surface area (TPSA) is 55.4 Å². The van der Waals surface area contributed by atoms with Crippen LogP contribution in [0.3, 0.4) is 0 Å². The maximum absolute atomic E-state index is 12.7. The van der Waals surface area contributed by atoms with E-state index in [0.29, 0.717) is 22.0 Å². The molecule has 0 unspecified atom stereocenters. The van der Waals surface area contributed by atoms with Gasteiger partial charge in [-0.25, -0.2) is 4.79 Å². The van der Waals surface area contributed by atoms with E-state index in [1.807, 2.05) is 18.2 Å². The van der Waals surface area contributed by atoms with Crippen molar-refractivity contribution in [3.8, 4) is 0 Å². The van der Waals surface area contributed by atoms with Gasteiger partial charge in [-0.3, -0.25) is 4.79 Å². The molecule has 1 aromatic carbocycles. The van der Waals surface area contributed by atoms with Crippen molar-refractivity contribution in [2.24, 2.45) is 5.92 Å². The summed E-state index contributed by atoms with van der Waals surface area (Å²) in [4.78, 5) is 27.3. The van der Waals surface area contributed by atoms with Crippen LogP contribution < -0.4 is 5.32 Å².